The predicted molar refractivity (Wildman–Crippen MR) is 293 cm³/mol. The van der Waals surface area contributed by atoms with Gasteiger partial charge in [0.25, 0.3) is 0 Å². The molecule has 2 aliphatic rings. The van der Waals surface area contributed by atoms with Gasteiger partial charge in [0.15, 0.2) is 0 Å². The van der Waals surface area contributed by atoms with E-state index in [9.17, 15) is 0 Å². The Balaban J connectivity index is 0.921. The van der Waals surface area contributed by atoms with Crippen molar-refractivity contribution in [3.8, 4) is 66.8 Å². The number of fused-ring (bicyclic) bond motifs is 9. The summed E-state index contributed by atoms with van der Waals surface area (Å²) in [6.45, 7) is 9.47. The molecule has 13 rings (SSSR count). The number of hydrogen-bond acceptors (Lipinski definition) is 1. The van der Waals surface area contributed by atoms with E-state index in [1.54, 1.807) is 0 Å². The first kappa shape index (κ1) is 41.0. The molecule has 328 valence electrons. The van der Waals surface area contributed by atoms with E-state index in [-0.39, 0.29) is 10.8 Å². The van der Waals surface area contributed by atoms with Crippen LogP contribution >= 0.6 is 0 Å². The van der Waals surface area contributed by atoms with Crippen LogP contribution in [-0.4, -0.2) is 0 Å². The SMILES string of the molecule is CC1(C)c2ccccc2-c2ccc(-c3ccc(N(c4ccc(-c5ccccc5-c5cccc6c5C(C)(C)c5ccccc5-6)cc4)c4ccccc4-c4ccc5c(ccc6ccccc65)c4)cc3)cc21. The van der Waals surface area contributed by atoms with Crippen LogP contribution in [0, 0.1) is 0 Å². The third-order valence-corrected chi connectivity index (χ3v) is 15.5. The van der Waals surface area contributed by atoms with Crippen LogP contribution in [0.3, 0.4) is 0 Å². The van der Waals surface area contributed by atoms with E-state index in [1.807, 2.05) is 0 Å². The Bertz CT molecular complexity index is 3830. The third-order valence-electron chi connectivity index (χ3n) is 15.5. The van der Waals surface area contributed by atoms with Crippen molar-refractivity contribution in [1.29, 1.82) is 0 Å². The molecule has 0 amide bonds. The summed E-state index contributed by atoms with van der Waals surface area (Å²) < 4.78 is 0. The molecule has 0 heterocycles. The van der Waals surface area contributed by atoms with Crippen LogP contribution in [0.1, 0.15) is 49.9 Å². The van der Waals surface area contributed by atoms with Gasteiger partial charge >= 0.3 is 0 Å². The molecule has 0 aliphatic heterocycles. The van der Waals surface area contributed by atoms with Gasteiger partial charge < -0.3 is 4.90 Å². The zero-order chi connectivity index (χ0) is 46.4. The van der Waals surface area contributed by atoms with Gasteiger partial charge in [-0.2, -0.15) is 0 Å². The minimum atomic E-state index is -0.120. The molecule has 69 heavy (non-hydrogen) atoms. The van der Waals surface area contributed by atoms with Gasteiger partial charge in [-0.3, -0.25) is 0 Å². The molecule has 0 radical (unpaired) electrons. The Morgan fingerprint density at radius 3 is 1.51 bits per heavy atom. The second-order valence-electron chi connectivity index (χ2n) is 20.0. The zero-order valence-corrected chi connectivity index (χ0v) is 39.5. The number of hydrogen-bond donors (Lipinski definition) is 0. The van der Waals surface area contributed by atoms with Gasteiger partial charge in [0.2, 0.25) is 0 Å². The maximum absolute atomic E-state index is 2.44. The Kier molecular flexibility index (Phi) is 9.30. The number of rotatable bonds is 7. The van der Waals surface area contributed by atoms with Crippen molar-refractivity contribution in [2.45, 2.75) is 38.5 Å². The normalized spacial score (nSPS) is 13.7. The maximum Gasteiger partial charge on any atom is 0.0540 e. The lowest BCUT2D eigenvalue weighted by Gasteiger charge is -2.28. The molecular weight excluding hydrogens is 831 g/mol. The van der Waals surface area contributed by atoms with E-state index in [0.29, 0.717) is 0 Å². The van der Waals surface area contributed by atoms with E-state index < -0.39 is 0 Å². The van der Waals surface area contributed by atoms with Gasteiger partial charge in [-0.05, 0) is 147 Å². The Morgan fingerprint density at radius 1 is 0.275 bits per heavy atom. The van der Waals surface area contributed by atoms with Crippen molar-refractivity contribution < 1.29 is 0 Å². The number of anilines is 3. The standard InChI is InChI=1S/C68H51N/c1-67(2)62-25-12-9-21-57(62)59-41-34-47(43-64(59)67)44-30-36-50(37-31-44)69(65-27-14-11-19-55(65)49-35-40-54-48(42-49)29-28-45-16-5-6-17-52(45)54)51-38-32-46(33-39-51)53-18-7-8-20-56(53)60-23-15-24-61-58-22-10-13-26-63(58)68(3,4)66(60)61/h5-43H,1-4H3. The Labute approximate surface area is 405 Å². The molecule has 0 atom stereocenters. The summed E-state index contributed by atoms with van der Waals surface area (Å²) in [4.78, 5) is 2.44. The molecule has 0 unspecified atom stereocenters. The molecular formula is C68H51N. The summed E-state index contributed by atoms with van der Waals surface area (Å²) in [6, 6.07) is 88.1. The van der Waals surface area contributed by atoms with Crippen molar-refractivity contribution in [2.24, 2.45) is 0 Å². The monoisotopic (exact) mass is 881 g/mol. The largest absolute Gasteiger partial charge is 0.310 e. The summed E-state index contributed by atoms with van der Waals surface area (Å²) in [5, 5.41) is 5.04. The summed E-state index contributed by atoms with van der Waals surface area (Å²) in [6.07, 6.45) is 0. The smallest absolute Gasteiger partial charge is 0.0540 e. The minimum absolute atomic E-state index is 0.0610. The summed E-state index contributed by atoms with van der Waals surface area (Å²) in [5.41, 5.74) is 23.8. The quantitative estimate of drug-likeness (QED) is 0.144. The first-order valence-corrected chi connectivity index (χ1v) is 24.3. The fraction of sp³-hybridized carbons (Fsp3) is 0.0882. The van der Waals surface area contributed by atoms with E-state index >= 15 is 0 Å². The molecule has 0 saturated carbocycles. The Morgan fingerprint density at radius 2 is 0.768 bits per heavy atom. The van der Waals surface area contributed by atoms with Crippen molar-refractivity contribution in [1.82, 2.24) is 0 Å². The molecule has 0 spiro atoms. The molecule has 2 aliphatic carbocycles. The van der Waals surface area contributed by atoms with Gasteiger partial charge in [0, 0.05) is 27.8 Å². The first-order chi connectivity index (χ1) is 33.7. The average molecular weight is 882 g/mol. The van der Waals surface area contributed by atoms with Crippen molar-refractivity contribution >= 4 is 38.6 Å². The first-order valence-electron chi connectivity index (χ1n) is 24.3. The molecule has 0 fully saturated rings. The molecule has 1 heteroatoms. The zero-order valence-electron chi connectivity index (χ0n) is 39.5. The maximum atomic E-state index is 2.44. The highest BCUT2D eigenvalue weighted by Crippen LogP contribution is 2.54. The summed E-state index contributed by atoms with van der Waals surface area (Å²) in [5.74, 6) is 0. The minimum Gasteiger partial charge on any atom is -0.310 e. The van der Waals surface area contributed by atoms with E-state index in [0.717, 1.165) is 17.1 Å². The highest BCUT2D eigenvalue weighted by molar-refractivity contribution is 6.09. The molecule has 11 aromatic rings. The molecule has 0 aromatic heterocycles. The van der Waals surface area contributed by atoms with Crippen LogP contribution in [0.25, 0.3) is 88.3 Å². The van der Waals surface area contributed by atoms with E-state index in [1.165, 1.54) is 111 Å². The fourth-order valence-electron chi connectivity index (χ4n) is 12.0. The topological polar surface area (TPSA) is 3.24 Å². The number of benzene rings is 11. The highest BCUT2D eigenvalue weighted by atomic mass is 15.1. The van der Waals surface area contributed by atoms with Crippen molar-refractivity contribution in [3.05, 3.63) is 259 Å². The van der Waals surface area contributed by atoms with Gasteiger partial charge in [-0.1, -0.05) is 222 Å². The van der Waals surface area contributed by atoms with Crippen LogP contribution in [0.5, 0.6) is 0 Å². The van der Waals surface area contributed by atoms with E-state index in [4.69, 9.17) is 0 Å². The third kappa shape index (κ3) is 6.45. The lowest BCUT2D eigenvalue weighted by atomic mass is 9.78. The summed E-state index contributed by atoms with van der Waals surface area (Å²) >= 11 is 0. The predicted octanol–water partition coefficient (Wildman–Crippen LogP) is 18.7. The lowest BCUT2D eigenvalue weighted by molar-refractivity contribution is 0.660. The molecule has 11 aromatic carbocycles. The fourth-order valence-corrected chi connectivity index (χ4v) is 12.0. The van der Waals surface area contributed by atoms with Crippen molar-refractivity contribution in [2.75, 3.05) is 4.90 Å². The summed E-state index contributed by atoms with van der Waals surface area (Å²) in [7, 11) is 0. The second kappa shape index (κ2) is 15.7. The number of nitrogens with zero attached hydrogens (tertiary/aromatic N) is 1. The molecule has 0 N–H and O–H groups in total. The second-order valence-corrected chi connectivity index (χ2v) is 20.0. The lowest BCUT2D eigenvalue weighted by Crippen LogP contribution is -2.16. The van der Waals surface area contributed by atoms with Crippen LogP contribution in [0.15, 0.2) is 237 Å². The highest BCUT2D eigenvalue weighted by Gasteiger charge is 2.38. The molecule has 1 nitrogen and oxygen atoms in total. The molecule has 0 bridgehead atoms. The van der Waals surface area contributed by atoms with Gasteiger partial charge in [-0.25, -0.2) is 0 Å². The van der Waals surface area contributed by atoms with Gasteiger partial charge in [0.1, 0.15) is 0 Å². The van der Waals surface area contributed by atoms with Gasteiger partial charge in [0.05, 0.1) is 5.69 Å². The molecule has 0 saturated heterocycles. The number of para-hydroxylation sites is 1. The van der Waals surface area contributed by atoms with Crippen LogP contribution in [-0.2, 0) is 10.8 Å². The van der Waals surface area contributed by atoms with Gasteiger partial charge in [-0.15, -0.1) is 0 Å². The van der Waals surface area contributed by atoms with Crippen LogP contribution in [0.4, 0.5) is 17.1 Å². The Hall–Kier alpha value is -8.26. The average Bonchev–Trinajstić information content (AvgIpc) is 3.78. The van der Waals surface area contributed by atoms with Crippen molar-refractivity contribution in [3.63, 3.8) is 0 Å². The van der Waals surface area contributed by atoms with Crippen LogP contribution in [0.2, 0.25) is 0 Å². The van der Waals surface area contributed by atoms with Crippen LogP contribution < -0.4 is 4.90 Å². The van der Waals surface area contributed by atoms with E-state index in [2.05, 4.69) is 269 Å².